The monoisotopic (exact) mass is 375 g/mol. The van der Waals surface area contributed by atoms with Gasteiger partial charge in [-0.05, 0) is 48.6 Å². The average molecular weight is 375 g/mol. The van der Waals surface area contributed by atoms with E-state index in [1.807, 2.05) is 49.2 Å². The van der Waals surface area contributed by atoms with Crippen molar-refractivity contribution in [2.45, 2.75) is 26.7 Å². The number of hydrogen-bond acceptors (Lipinski definition) is 5. The van der Waals surface area contributed by atoms with Gasteiger partial charge in [0.1, 0.15) is 11.5 Å². The van der Waals surface area contributed by atoms with Gasteiger partial charge in [-0.3, -0.25) is 9.78 Å². The van der Waals surface area contributed by atoms with Gasteiger partial charge in [-0.2, -0.15) is 0 Å². The van der Waals surface area contributed by atoms with E-state index in [4.69, 9.17) is 0 Å². The molecule has 6 heteroatoms. The number of aryl methyl sites for hydroxylation is 2. The van der Waals surface area contributed by atoms with Crippen LogP contribution in [0.2, 0.25) is 0 Å². The molecule has 0 fully saturated rings. The number of para-hydroxylation sites is 1. The van der Waals surface area contributed by atoms with E-state index in [2.05, 4.69) is 27.2 Å². The third-order valence-electron chi connectivity index (χ3n) is 4.73. The Morgan fingerprint density at radius 1 is 1.11 bits per heavy atom. The Labute approximate surface area is 165 Å². The van der Waals surface area contributed by atoms with Crippen LogP contribution in [0.25, 0.3) is 0 Å². The molecule has 3 rings (SSSR count). The van der Waals surface area contributed by atoms with Gasteiger partial charge in [0.2, 0.25) is 0 Å². The van der Waals surface area contributed by atoms with E-state index < -0.39 is 0 Å². The molecule has 6 nitrogen and oxygen atoms in total. The number of aromatic nitrogens is 3. The molecule has 3 aromatic rings. The van der Waals surface area contributed by atoms with E-state index in [1.54, 1.807) is 18.6 Å². The molecule has 0 atom stereocenters. The first-order valence-electron chi connectivity index (χ1n) is 9.40. The predicted molar refractivity (Wildman–Crippen MR) is 112 cm³/mol. The highest BCUT2D eigenvalue weighted by Gasteiger charge is 2.13. The fourth-order valence-corrected chi connectivity index (χ4v) is 2.98. The minimum Gasteiger partial charge on any atom is -0.358 e. The van der Waals surface area contributed by atoms with Gasteiger partial charge in [-0.25, -0.2) is 9.97 Å². The van der Waals surface area contributed by atoms with Gasteiger partial charge >= 0.3 is 0 Å². The molecule has 0 saturated carbocycles. The molecule has 144 valence electrons. The smallest absolute Gasteiger partial charge is 0.275 e. The average Bonchev–Trinajstić information content (AvgIpc) is 2.74. The number of nitrogens with one attached hydrogen (secondary N) is 1. The summed E-state index contributed by atoms with van der Waals surface area (Å²) in [5, 5.41) is 2.98. The highest BCUT2D eigenvalue weighted by Crippen LogP contribution is 2.21. The quantitative estimate of drug-likeness (QED) is 0.682. The predicted octanol–water partition coefficient (Wildman–Crippen LogP) is 3.67. The van der Waals surface area contributed by atoms with Crippen molar-refractivity contribution in [2.24, 2.45) is 0 Å². The van der Waals surface area contributed by atoms with Crippen molar-refractivity contribution in [3.05, 3.63) is 77.5 Å². The summed E-state index contributed by atoms with van der Waals surface area (Å²) in [5.74, 6) is 0.484. The minimum atomic E-state index is -0.248. The molecular weight excluding hydrogens is 350 g/mol. The molecule has 0 aliphatic carbocycles. The van der Waals surface area contributed by atoms with Crippen LogP contribution in [0.3, 0.4) is 0 Å². The van der Waals surface area contributed by atoms with Crippen molar-refractivity contribution in [3.8, 4) is 0 Å². The normalized spacial score (nSPS) is 10.5. The number of carbonyl (C=O) groups excluding carboxylic acids is 1. The zero-order valence-electron chi connectivity index (χ0n) is 16.5. The number of pyridine rings is 1. The van der Waals surface area contributed by atoms with Crippen LogP contribution in [0.5, 0.6) is 0 Å². The Bertz CT molecular complexity index is 925. The van der Waals surface area contributed by atoms with Gasteiger partial charge in [0.25, 0.3) is 5.91 Å². The summed E-state index contributed by atoms with van der Waals surface area (Å²) in [6, 6.07) is 10.0. The van der Waals surface area contributed by atoms with Gasteiger partial charge in [0.15, 0.2) is 0 Å². The Balaban J connectivity index is 1.64. The van der Waals surface area contributed by atoms with Gasteiger partial charge < -0.3 is 10.2 Å². The molecule has 0 saturated heterocycles. The van der Waals surface area contributed by atoms with Crippen molar-refractivity contribution >= 4 is 17.4 Å². The van der Waals surface area contributed by atoms with Crippen LogP contribution in [0, 0.1) is 6.92 Å². The Morgan fingerprint density at radius 2 is 1.89 bits per heavy atom. The molecule has 0 spiro atoms. The molecule has 0 unspecified atom stereocenters. The molecule has 2 heterocycles. The van der Waals surface area contributed by atoms with Crippen LogP contribution in [-0.4, -0.2) is 34.5 Å². The number of rotatable bonds is 7. The Kier molecular flexibility index (Phi) is 6.32. The maximum absolute atomic E-state index is 12.6. The standard InChI is InChI=1S/C22H25N5O/c1-4-18-7-5-6-16(2)21(18)26-22(28)19-14-25-20(15-24-19)27(3)13-10-17-8-11-23-12-9-17/h5-9,11-12,14-15H,4,10,13H2,1-3H3,(H,26,28). The second-order valence-corrected chi connectivity index (χ2v) is 6.70. The molecule has 1 amide bonds. The van der Waals surface area contributed by atoms with Gasteiger partial charge in [-0.15, -0.1) is 0 Å². The van der Waals surface area contributed by atoms with Gasteiger partial charge in [-0.1, -0.05) is 25.1 Å². The highest BCUT2D eigenvalue weighted by atomic mass is 16.1. The van der Waals surface area contributed by atoms with Crippen LogP contribution in [0.15, 0.2) is 55.1 Å². The molecule has 0 bridgehead atoms. The summed E-state index contributed by atoms with van der Waals surface area (Å²) in [5.41, 5.74) is 4.52. The largest absolute Gasteiger partial charge is 0.358 e. The van der Waals surface area contributed by atoms with Crippen LogP contribution in [0.4, 0.5) is 11.5 Å². The lowest BCUT2D eigenvalue weighted by atomic mass is 10.1. The van der Waals surface area contributed by atoms with Crippen molar-refractivity contribution in [3.63, 3.8) is 0 Å². The number of anilines is 2. The third-order valence-corrected chi connectivity index (χ3v) is 4.73. The summed E-state index contributed by atoms with van der Waals surface area (Å²) in [7, 11) is 1.96. The van der Waals surface area contributed by atoms with E-state index in [0.717, 1.165) is 42.0 Å². The fraction of sp³-hybridized carbons (Fsp3) is 0.273. The number of likely N-dealkylation sites (N-methyl/N-ethyl adjacent to an activating group) is 1. The molecule has 28 heavy (non-hydrogen) atoms. The van der Waals surface area contributed by atoms with E-state index in [1.165, 1.54) is 11.8 Å². The van der Waals surface area contributed by atoms with E-state index >= 15 is 0 Å². The number of hydrogen-bond donors (Lipinski definition) is 1. The number of nitrogens with zero attached hydrogens (tertiary/aromatic N) is 4. The maximum atomic E-state index is 12.6. The van der Waals surface area contributed by atoms with Gasteiger partial charge in [0, 0.05) is 31.7 Å². The highest BCUT2D eigenvalue weighted by molar-refractivity contribution is 6.03. The molecule has 0 aliphatic heterocycles. The third kappa shape index (κ3) is 4.71. The second-order valence-electron chi connectivity index (χ2n) is 6.70. The number of carbonyl (C=O) groups is 1. The fourth-order valence-electron chi connectivity index (χ4n) is 2.98. The Hall–Kier alpha value is -3.28. The van der Waals surface area contributed by atoms with Crippen molar-refractivity contribution in [1.82, 2.24) is 15.0 Å². The number of benzene rings is 1. The molecule has 0 aliphatic rings. The summed E-state index contributed by atoms with van der Waals surface area (Å²) in [6.07, 6.45) is 8.49. The van der Waals surface area contributed by atoms with Crippen LogP contribution in [0.1, 0.15) is 34.1 Å². The van der Waals surface area contributed by atoms with E-state index in [0.29, 0.717) is 5.69 Å². The Morgan fingerprint density at radius 3 is 2.57 bits per heavy atom. The maximum Gasteiger partial charge on any atom is 0.275 e. The first kappa shape index (κ1) is 19.5. The van der Waals surface area contributed by atoms with Crippen molar-refractivity contribution in [1.29, 1.82) is 0 Å². The topological polar surface area (TPSA) is 71.0 Å². The SMILES string of the molecule is CCc1cccc(C)c1NC(=O)c1cnc(N(C)CCc2ccncc2)cn1. The number of amides is 1. The van der Waals surface area contributed by atoms with E-state index in [-0.39, 0.29) is 5.91 Å². The lowest BCUT2D eigenvalue weighted by molar-refractivity contribution is 0.102. The summed E-state index contributed by atoms with van der Waals surface area (Å²) in [6.45, 7) is 4.86. The zero-order valence-corrected chi connectivity index (χ0v) is 16.5. The van der Waals surface area contributed by atoms with Crippen molar-refractivity contribution < 1.29 is 4.79 Å². The molecular formula is C22H25N5O. The van der Waals surface area contributed by atoms with Crippen LogP contribution >= 0.6 is 0 Å². The van der Waals surface area contributed by atoms with Gasteiger partial charge in [0.05, 0.1) is 12.4 Å². The lowest BCUT2D eigenvalue weighted by Gasteiger charge is -2.18. The molecule has 1 aromatic carbocycles. The van der Waals surface area contributed by atoms with Crippen molar-refractivity contribution in [2.75, 3.05) is 23.8 Å². The summed E-state index contributed by atoms with van der Waals surface area (Å²) < 4.78 is 0. The summed E-state index contributed by atoms with van der Waals surface area (Å²) in [4.78, 5) is 27.4. The lowest BCUT2D eigenvalue weighted by Crippen LogP contribution is -2.22. The van der Waals surface area contributed by atoms with Crippen LogP contribution in [-0.2, 0) is 12.8 Å². The van der Waals surface area contributed by atoms with Crippen LogP contribution < -0.4 is 10.2 Å². The molecule has 0 radical (unpaired) electrons. The minimum absolute atomic E-state index is 0.248. The first-order chi connectivity index (χ1) is 13.6. The molecule has 2 aromatic heterocycles. The summed E-state index contributed by atoms with van der Waals surface area (Å²) >= 11 is 0. The first-order valence-corrected chi connectivity index (χ1v) is 9.40. The second kappa shape index (κ2) is 9.08. The zero-order chi connectivity index (χ0) is 19.9. The molecule has 1 N–H and O–H groups in total. The van der Waals surface area contributed by atoms with E-state index in [9.17, 15) is 4.79 Å².